The van der Waals surface area contributed by atoms with Gasteiger partial charge in [0.05, 0.1) is 0 Å². The second-order valence-corrected chi connectivity index (χ2v) is 4.55. The highest BCUT2D eigenvalue weighted by atomic mass is 16.3. The molecule has 0 radical (unpaired) electrons. The lowest BCUT2D eigenvalue weighted by Crippen LogP contribution is -2.28. The number of fused-ring (bicyclic) bond motifs is 1. The van der Waals surface area contributed by atoms with Crippen LogP contribution in [0, 0.1) is 0 Å². The van der Waals surface area contributed by atoms with E-state index in [1.54, 1.807) is 0 Å². The molecule has 0 atom stereocenters. The van der Waals surface area contributed by atoms with Crippen LogP contribution in [-0.2, 0) is 0 Å². The van der Waals surface area contributed by atoms with E-state index < -0.39 is 0 Å². The van der Waals surface area contributed by atoms with Gasteiger partial charge in [-0.25, -0.2) is 9.78 Å². The van der Waals surface area contributed by atoms with E-state index in [0.29, 0.717) is 12.4 Å². The Kier molecular flexibility index (Phi) is 3.55. The smallest absolute Gasteiger partial charge is 0.319 e. The molecule has 0 aliphatic carbocycles. The fourth-order valence-electron chi connectivity index (χ4n) is 2.03. The van der Waals surface area contributed by atoms with Gasteiger partial charge in [-0.05, 0) is 43.3 Å². The van der Waals surface area contributed by atoms with E-state index in [1.165, 1.54) is 0 Å². The Balaban J connectivity index is 1.81. The maximum absolute atomic E-state index is 11.4. The van der Waals surface area contributed by atoms with Gasteiger partial charge in [0.2, 0.25) is 5.89 Å². The van der Waals surface area contributed by atoms with Crippen LogP contribution in [0.5, 0.6) is 0 Å². The lowest BCUT2D eigenvalue weighted by atomic mass is 10.2. The predicted molar refractivity (Wildman–Crippen MR) is 82.1 cm³/mol. The minimum Gasteiger partial charge on any atom is -0.436 e. The zero-order chi connectivity index (χ0) is 14.7. The lowest BCUT2D eigenvalue weighted by Gasteiger charge is -2.05. The van der Waals surface area contributed by atoms with Gasteiger partial charge in [-0.2, -0.15) is 0 Å². The number of benzene rings is 2. The van der Waals surface area contributed by atoms with Gasteiger partial charge < -0.3 is 15.1 Å². The Labute approximate surface area is 122 Å². The zero-order valence-corrected chi connectivity index (χ0v) is 11.6. The first kappa shape index (κ1) is 13.2. The Morgan fingerprint density at radius 1 is 1.14 bits per heavy atom. The number of amides is 2. The SMILES string of the molecule is CCNC(=O)Nc1ccc(-c2nc3ccccc3o2)cc1. The summed E-state index contributed by atoms with van der Waals surface area (Å²) in [5.74, 6) is 0.570. The highest BCUT2D eigenvalue weighted by Gasteiger charge is 2.08. The van der Waals surface area contributed by atoms with Crippen molar-refractivity contribution in [2.75, 3.05) is 11.9 Å². The Bertz CT molecular complexity index is 730. The third-order valence-electron chi connectivity index (χ3n) is 3.02. The van der Waals surface area contributed by atoms with Crippen molar-refractivity contribution in [3.8, 4) is 11.5 Å². The summed E-state index contributed by atoms with van der Waals surface area (Å²) in [5.41, 5.74) is 3.18. The normalized spacial score (nSPS) is 10.5. The molecular weight excluding hydrogens is 266 g/mol. The fourth-order valence-corrected chi connectivity index (χ4v) is 2.03. The first-order valence-electron chi connectivity index (χ1n) is 6.77. The highest BCUT2D eigenvalue weighted by molar-refractivity contribution is 5.89. The van der Waals surface area contributed by atoms with Crippen LogP contribution in [0.3, 0.4) is 0 Å². The number of hydrogen-bond donors (Lipinski definition) is 2. The van der Waals surface area contributed by atoms with Gasteiger partial charge in [-0.15, -0.1) is 0 Å². The minimum absolute atomic E-state index is 0.216. The molecule has 0 spiro atoms. The van der Waals surface area contributed by atoms with E-state index in [1.807, 2.05) is 55.5 Å². The lowest BCUT2D eigenvalue weighted by molar-refractivity contribution is 0.252. The first-order chi connectivity index (χ1) is 10.3. The standard InChI is InChI=1S/C16H15N3O2/c1-2-17-16(20)18-12-9-7-11(8-10-12)15-19-13-5-3-4-6-14(13)21-15/h3-10H,2H2,1H3,(H2,17,18,20). The van der Waals surface area contributed by atoms with Crippen LogP contribution in [0.4, 0.5) is 10.5 Å². The molecule has 1 aromatic heterocycles. The largest absolute Gasteiger partial charge is 0.436 e. The highest BCUT2D eigenvalue weighted by Crippen LogP contribution is 2.25. The molecular formula is C16H15N3O2. The molecule has 0 aliphatic rings. The monoisotopic (exact) mass is 281 g/mol. The van der Waals surface area contributed by atoms with Crippen molar-refractivity contribution in [3.63, 3.8) is 0 Å². The minimum atomic E-state index is -0.216. The summed E-state index contributed by atoms with van der Waals surface area (Å²) in [6.45, 7) is 2.46. The van der Waals surface area contributed by atoms with Crippen LogP contribution in [0.2, 0.25) is 0 Å². The summed E-state index contributed by atoms with van der Waals surface area (Å²) in [5, 5.41) is 5.42. The van der Waals surface area contributed by atoms with E-state index in [-0.39, 0.29) is 6.03 Å². The van der Waals surface area contributed by atoms with Crippen LogP contribution in [0.1, 0.15) is 6.92 Å². The quantitative estimate of drug-likeness (QED) is 0.770. The molecule has 2 aromatic carbocycles. The average molecular weight is 281 g/mol. The summed E-state index contributed by atoms with van der Waals surface area (Å²) in [6.07, 6.45) is 0. The summed E-state index contributed by atoms with van der Waals surface area (Å²) in [7, 11) is 0. The van der Waals surface area contributed by atoms with Crippen molar-refractivity contribution in [3.05, 3.63) is 48.5 Å². The molecule has 2 N–H and O–H groups in total. The molecule has 106 valence electrons. The molecule has 5 heteroatoms. The molecule has 0 bridgehead atoms. The third kappa shape index (κ3) is 2.86. The number of oxazole rings is 1. The molecule has 3 aromatic rings. The first-order valence-corrected chi connectivity index (χ1v) is 6.77. The molecule has 21 heavy (non-hydrogen) atoms. The molecule has 0 saturated carbocycles. The van der Waals surface area contributed by atoms with Gasteiger partial charge in [-0.1, -0.05) is 12.1 Å². The van der Waals surface area contributed by atoms with E-state index in [4.69, 9.17) is 4.42 Å². The Morgan fingerprint density at radius 2 is 1.90 bits per heavy atom. The number of nitrogens with one attached hydrogen (secondary N) is 2. The summed E-state index contributed by atoms with van der Waals surface area (Å²) in [4.78, 5) is 15.9. The van der Waals surface area contributed by atoms with Crippen molar-refractivity contribution in [2.45, 2.75) is 6.92 Å². The van der Waals surface area contributed by atoms with Crippen molar-refractivity contribution in [2.24, 2.45) is 0 Å². The molecule has 1 heterocycles. The van der Waals surface area contributed by atoms with Gasteiger partial charge >= 0.3 is 6.03 Å². The Hall–Kier alpha value is -2.82. The van der Waals surface area contributed by atoms with Crippen molar-refractivity contribution >= 4 is 22.8 Å². The predicted octanol–water partition coefficient (Wildman–Crippen LogP) is 3.64. The van der Waals surface area contributed by atoms with Crippen molar-refractivity contribution in [1.29, 1.82) is 0 Å². The number of carbonyl (C=O) groups excluding carboxylic acids is 1. The maximum atomic E-state index is 11.4. The number of carbonyl (C=O) groups is 1. The molecule has 2 amide bonds. The number of anilines is 1. The van der Waals surface area contributed by atoms with Crippen molar-refractivity contribution in [1.82, 2.24) is 10.3 Å². The van der Waals surface area contributed by atoms with Gasteiger partial charge in [0.1, 0.15) is 5.52 Å². The van der Waals surface area contributed by atoms with Crippen LogP contribution < -0.4 is 10.6 Å². The number of urea groups is 1. The van der Waals surface area contributed by atoms with Crippen LogP contribution in [-0.4, -0.2) is 17.6 Å². The van der Waals surface area contributed by atoms with E-state index in [2.05, 4.69) is 15.6 Å². The van der Waals surface area contributed by atoms with Gasteiger partial charge in [0.15, 0.2) is 5.58 Å². The number of rotatable bonds is 3. The fraction of sp³-hybridized carbons (Fsp3) is 0.125. The molecule has 0 fully saturated rings. The summed E-state index contributed by atoms with van der Waals surface area (Å²) < 4.78 is 5.70. The average Bonchev–Trinajstić information content (AvgIpc) is 2.92. The topological polar surface area (TPSA) is 67.2 Å². The number of aromatic nitrogens is 1. The van der Waals surface area contributed by atoms with E-state index in [0.717, 1.165) is 22.4 Å². The van der Waals surface area contributed by atoms with Crippen LogP contribution in [0.15, 0.2) is 52.9 Å². The summed E-state index contributed by atoms with van der Waals surface area (Å²) in [6, 6.07) is 14.8. The second-order valence-electron chi connectivity index (χ2n) is 4.55. The van der Waals surface area contributed by atoms with Gasteiger partial charge in [-0.3, -0.25) is 0 Å². The van der Waals surface area contributed by atoms with E-state index >= 15 is 0 Å². The Morgan fingerprint density at radius 3 is 2.62 bits per heavy atom. The van der Waals surface area contributed by atoms with E-state index in [9.17, 15) is 4.79 Å². The van der Waals surface area contributed by atoms with Crippen LogP contribution in [0.25, 0.3) is 22.6 Å². The van der Waals surface area contributed by atoms with Gasteiger partial charge in [0.25, 0.3) is 0 Å². The number of para-hydroxylation sites is 2. The summed E-state index contributed by atoms with van der Waals surface area (Å²) >= 11 is 0. The second kappa shape index (κ2) is 5.66. The number of hydrogen-bond acceptors (Lipinski definition) is 3. The molecule has 5 nitrogen and oxygen atoms in total. The third-order valence-corrected chi connectivity index (χ3v) is 3.02. The molecule has 0 aliphatic heterocycles. The molecule has 3 rings (SSSR count). The van der Waals surface area contributed by atoms with Crippen molar-refractivity contribution < 1.29 is 9.21 Å². The molecule has 0 saturated heterocycles. The zero-order valence-electron chi connectivity index (χ0n) is 11.6. The molecule has 0 unspecified atom stereocenters. The van der Waals surface area contributed by atoms with Crippen LogP contribution >= 0.6 is 0 Å². The maximum Gasteiger partial charge on any atom is 0.319 e. The van der Waals surface area contributed by atoms with Gasteiger partial charge in [0, 0.05) is 17.8 Å². The number of nitrogens with zero attached hydrogens (tertiary/aromatic N) is 1.